The number of rotatable bonds is 7. The van der Waals surface area contributed by atoms with Gasteiger partial charge in [-0.05, 0) is 51.1 Å². The van der Waals surface area contributed by atoms with E-state index in [1.54, 1.807) is 6.07 Å². The molecule has 3 heterocycles. The zero-order valence-corrected chi connectivity index (χ0v) is 18.5. The second kappa shape index (κ2) is 9.43. The Labute approximate surface area is 183 Å². The number of nitrogens with zero attached hydrogens (tertiary/aromatic N) is 5. The maximum Gasteiger partial charge on any atom is 0.320 e. The molecule has 3 aromatic rings. The number of urea groups is 1. The van der Waals surface area contributed by atoms with Crippen LogP contribution in [-0.2, 0) is 6.54 Å². The minimum atomic E-state index is -0.198. The first-order valence-electron chi connectivity index (χ1n) is 11.0. The number of aromatic nitrogens is 4. The zero-order valence-electron chi connectivity index (χ0n) is 18.5. The van der Waals surface area contributed by atoms with Gasteiger partial charge in [0, 0.05) is 42.7 Å². The molecule has 1 aliphatic rings. The van der Waals surface area contributed by atoms with Gasteiger partial charge in [-0.2, -0.15) is 5.10 Å². The topological polar surface area (TPSA) is 88.0 Å². The Hall–Kier alpha value is -3.00. The van der Waals surface area contributed by atoms with E-state index in [4.69, 9.17) is 0 Å². The minimum absolute atomic E-state index is 0.198. The van der Waals surface area contributed by atoms with E-state index in [0.29, 0.717) is 11.7 Å². The molecule has 0 aliphatic heterocycles. The molecule has 4 rings (SSSR count). The van der Waals surface area contributed by atoms with Crippen molar-refractivity contribution in [2.75, 3.05) is 26.0 Å². The van der Waals surface area contributed by atoms with Crippen LogP contribution < -0.4 is 10.6 Å². The summed E-state index contributed by atoms with van der Waals surface area (Å²) in [5, 5.41) is 10.4. The molecule has 2 N–H and O–H groups in total. The molecule has 1 fully saturated rings. The highest BCUT2D eigenvalue weighted by molar-refractivity contribution is 5.90. The molecule has 31 heavy (non-hydrogen) atoms. The number of anilines is 1. The predicted molar refractivity (Wildman–Crippen MR) is 123 cm³/mol. The van der Waals surface area contributed by atoms with E-state index < -0.39 is 0 Å². The van der Waals surface area contributed by atoms with E-state index in [1.807, 2.05) is 35.4 Å². The van der Waals surface area contributed by atoms with Crippen LogP contribution in [-0.4, -0.2) is 57.4 Å². The number of hydrogen-bond donors (Lipinski definition) is 2. The third-order valence-corrected chi connectivity index (χ3v) is 5.61. The highest BCUT2D eigenvalue weighted by Crippen LogP contribution is 2.23. The Morgan fingerprint density at radius 1 is 1.19 bits per heavy atom. The van der Waals surface area contributed by atoms with Crippen molar-refractivity contribution in [2.45, 2.75) is 45.2 Å². The van der Waals surface area contributed by atoms with Crippen molar-refractivity contribution in [3.8, 4) is 11.1 Å². The molecule has 1 aliphatic carbocycles. The fourth-order valence-electron chi connectivity index (χ4n) is 4.25. The van der Waals surface area contributed by atoms with Crippen LogP contribution in [0.3, 0.4) is 0 Å². The predicted octanol–water partition coefficient (Wildman–Crippen LogP) is 3.76. The molecular formula is C23H31N7O. The molecule has 1 saturated carbocycles. The van der Waals surface area contributed by atoms with E-state index in [-0.39, 0.29) is 12.1 Å². The van der Waals surface area contributed by atoms with Crippen molar-refractivity contribution in [1.29, 1.82) is 0 Å². The van der Waals surface area contributed by atoms with E-state index in [2.05, 4.69) is 51.6 Å². The molecular weight excluding hydrogens is 390 g/mol. The van der Waals surface area contributed by atoms with E-state index in [1.165, 1.54) is 12.8 Å². The molecule has 0 saturated heterocycles. The molecule has 0 unspecified atom stereocenters. The van der Waals surface area contributed by atoms with Crippen LogP contribution in [0.15, 0.2) is 36.8 Å². The monoisotopic (exact) mass is 421 g/mol. The molecule has 3 aromatic heterocycles. The van der Waals surface area contributed by atoms with Crippen molar-refractivity contribution in [3.05, 3.63) is 36.8 Å². The molecule has 0 aromatic carbocycles. The summed E-state index contributed by atoms with van der Waals surface area (Å²) in [6.07, 6.45) is 10.2. The lowest BCUT2D eigenvalue weighted by Crippen LogP contribution is -2.36. The highest BCUT2D eigenvalue weighted by atomic mass is 16.2. The van der Waals surface area contributed by atoms with Crippen LogP contribution in [0.4, 0.5) is 10.6 Å². The molecule has 8 heteroatoms. The average molecular weight is 422 g/mol. The number of pyridine rings is 2. The standard InChI is InChI=1S/C23H31N7O/c1-16(13-29(2)3)14-30-15-18(12-25-30)17-10-21-20(24-11-17)8-9-22(27-21)28-23(31)26-19-6-4-5-7-19/h8-12,15-16,19H,4-7,13-14H2,1-3H3,(H2,26,27,28,31)/t16-/m1/s1. The minimum Gasteiger partial charge on any atom is -0.335 e. The quantitative estimate of drug-likeness (QED) is 0.607. The van der Waals surface area contributed by atoms with Gasteiger partial charge in [-0.15, -0.1) is 0 Å². The Kier molecular flexibility index (Phi) is 6.46. The Morgan fingerprint density at radius 3 is 2.77 bits per heavy atom. The lowest BCUT2D eigenvalue weighted by Gasteiger charge is -2.16. The van der Waals surface area contributed by atoms with E-state index in [9.17, 15) is 4.79 Å². The summed E-state index contributed by atoms with van der Waals surface area (Å²) >= 11 is 0. The van der Waals surface area contributed by atoms with Gasteiger partial charge in [0.25, 0.3) is 0 Å². The van der Waals surface area contributed by atoms with E-state index >= 15 is 0 Å². The average Bonchev–Trinajstić information content (AvgIpc) is 3.39. The van der Waals surface area contributed by atoms with Gasteiger partial charge in [-0.1, -0.05) is 19.8 Å². The summed E-state index contributed by atoms with van der Waals surface area (Å²) in [5.41, 5.74) is 3.49. The molecule has 2 amide bonds. The zero-order chi connectivity index (χ0) is 21.8. The van der Waals surface area contributed by atoms with Gasteiger partial charge < -0.3 is 10.2 Å². The van der Waals surface area contributed by atoms with Gasteiger partial charge in [-0.3, -0.25) is 15.0 Å². The van der Waals surface area contributed by atoms with Crippen molar-refractivity contribution < 1.29 is 4.79 Å². The van der Waals surface area contributed by atoms with E-state index in [0.717, 1.165) is 48.1 Å². The van der Waals surface area contributed by atoms with Crippen LogP contribution in [0.25, 0.3) is 22.2 Å². The summed E-state index contributed by atoms with van der Waals surface area (Å²) in [4.78, 5) is 23.6. The first-order valence-corrected chi connectivity index (χ1v) is 11.0. The lowest BCUT2D eigenvalue weighted by atomic mass is 10.1. The number of carbonyl (C=O) groups excluding carboxylic acids is 1. The molecule has 0 spiro atoms. The van der Waals surface area contributed by atoms with Gasteiger partial charge in [0.2, 0.25) is 0 Å². The second-order valence-corrected chi connectivity index (χ2v) is 8.86. The fraction of sp³-hybridized carbons (Fsp3) is 0.478. The smallest absolute Gasteiger partial charge is 0.320 e. The van der Waals surface area contributed by atoms with Crippen molar-refractivity contribution in [3.63, 3.8) is 0 Å². The molecule has 0 radical (unpaired) electrons. The first-order chi connectivity index (χ1) is 15.0. The van der Waals surface area contributed by atoms with Crippen molar-refractivity contribution in [1.82, 2.24) is 30.0 Å². The Bertz CT molecular complexity index is 1040. The number of nitrogens with one attached hydrogen (secondary N) is 2. The Morgan fingerprint density at radius 2 is 2.00 bits per heavy atom. The van der Waals surface area contributed by atoms with Crippen molar-refractivity contribution >= 4 is 22.9 Å². The highest BCUT2D eigenvalue weighted by Gasteiger charge is 2.17. The van der Waals surface area contributed by atoms with Gasteiger partial charge in [0.1, 0.15) is 5.82 Å². The largest absolute Gasteiger partial charge is 0.335 e. The summed E-state index contributed by atoms with van der Waals surface area (Å²) in [7, 11) is 4.17. The summed E-state index contributed by atoms with van der Waals surface area (Å²) in [6, 6.07) is 5.73. The van der Waals surface area contributed by atoms with Gasteiger partial charge >= 0.3 is 6.03 Å². The number of carbonyl (C=O) groups is 1. The maximum absolute atomic E-state index is 12.3. The van der Waals surface area contributed by atoms with Crippen LogP contribution >= 0.6 is 0 Å². The molecule has 164 valence electrons. The van der Waals surface area contributed by atoms with Gasteiger partial charge in [-0.25, -0.2) is 9.78 Å². The normalized spacial score (nSPS) is 15.5. The number of fused-ring (bicyclic) bond motifs is 1. The van der Waals surface area contributed by atoms with Crippen molar-refractivity contribution in [2.24, 2.45) is 5.92 Å². The molecule has 0 bridgehead atoms. The Balaban J connectivity index is 1.46. The summed E-state index contributed by atoms with van der Waals surface area (Å²) in [5.74, 6) is 1.03. The second-order valence-electron chi connectivity index (χ2n) is 8.86. The van der Waals surface area contributed by atoms with Crippen LogP contribution in [0, 0.1) is 5.92 Å². The summed E-state index contributed by atoms with van der Waals surface area (Å²) < 4.78 is 1.98. The molecule has 1 atom stereocenters. The number of amides is 2. The lowest BCUT2D eigenvalue weighted by molar-refractivity contribution is 0.248. The van der Waals surface area contributed by atoms with Crippen LogP contribution in [0.2, 0.25) is 0 Å². The van der Waals surface area contributed by atoms with Gasteiger partial charge in [0.05, 0.1) is 17.2 Å². The fourth-order valence-corrected chi connectivity index (χ4v) is 4.25. The third kappa shape index (κ3) is 5.58. The van der Waals surface area contributed by atoms with Crippen LogP contribution in [0.5, 0.6) is 0 Å². The SMILES string of the molecule is C[C@H](CN(C)C)Cn1cc(-c2cnc3ccc(NC(=O)NC4CCCC4)nc3c2)cn1. The summed E-state index contributed by atoms with van der Waals surface area (Å²) in [6.45, 7) is 4.10. The first kappa shape index (κ1) is 21.2. The molecule has 8 nitrogen and oxygen atoms in total. The third-order valence-electron chi connectivity index (χ3n) is 5.61. The number of hydrogen-bond acceptors (Lipinski definition) is 5. The maximum atomic E-state index is 12.3. The van der Waals surface area contributed by atoms with Crippen LogP contribution in [0.1, 0.15) is 32.6 Å². The van der Waals surface area contributed by atoms with Gasteiger partial charge in [0.15, 0.2) is 0 Å².